The SMILES string of the molecule is C=C[C@@H]1C[C@@]1(C(=O)NS(=O)(=O)C1CC1)N(C(=O)[C@@H]1C[C@@H](Oc2ncc(OC)c3ccc(Cl)cc23)CN1)C(=O)[C@@H](NC(=O)OC(C)(C)C)C(C)(C)C. The van der Waals surface area contributed by atoms with Gasteiger partial charge in [-0.3, -0.25) is 24.0 Å². The molecule has 0 bridgehead atoms. The number of sulfonamides is 1. The number of amides is 4. The first kappa shape index (κ1) is 38.3. The van der Waals surface area contributed by atoms with Crippen LogP contribution in [0.3, 0.4) is 0 Å². The molecule has 1 aromatic heterocycles. The van der Waals surface area contributed by atoms with Gasteiger partial charge in [-0.25, -0.2) is 18.2 Å². The third-order valence-electron chi connectivity index (χ3n) is 9.14. The van der Waals surface area contributed by atoms with Gasteiger partial charge in [-0.15, -0.1) is 6.58 Å². The number of alkyl carbamates (subject to hydrolysis) is 1. The van der Waals surface area contributed by atoms with Gasteiger partial charge in [0, 0.05) is 34.7 Å². The average molecular weight is 748 g/mol. The lowest BCUT2D eigenvalue weighted by molar-refractivity contribution is -0.157. The maximum absolute atomic E-state index is 14.7. The number of aromatic nitrogens is 1. The van der Waals surface area contributed by atoms with Crippen LogP contribution < -0.4 is 24.8 Å². The van der Waals surface area contributed by atoms with Crippen molar-refractivity contribution in [1.82, 2.24) is 25.2 Å². The summed E-state index contributed by atoms with van der Waals surface area (Å²) in [4.78, 5) is 61.7. The van der Waals surface area contributed by atoms with Crippen LogP contribution in [0.5, 0.6) is 11.6 Å². The summed E-state index contributed by atoms with van der Waals surface area (Å²) in [6.07, 6.45) is 2.23. The van der Waals surface area contributed by atoms with Crippen LogP contribution in [0.2, 0.25) is 5.02 Å². The molecule has 1 aromatic carbocycles. The fourth-order valence-corrected chi connectivity index (χ4v) is 7.81. The number of carbonyl (C=O) groups excluding carboxylic acids is 4. The van der Waals surface area contributed by atoms with Crippen LogP contribution in [0.1, 0.15) is 67.2 Å². The third-order valence-corrected chi connectivity index (χ3v) is 11.2. The molecule has 5 atom stereocenters. The molecule has 0 unspecified atom stereocenters. The number of hydrogen-bond acceptors (Lipinski definition) is 11. The predicted octanol–water partition coefficient (Wildman–Crippen LogP) is 3.85. The van der Waals surface area contributed by atoms with E-state index in [1.807, 2.05) is 0 Å². The predicted molar refractivity (Wildman–Crippen MR) is 190 cm³/mol. The number of imide groups is 1. The molecule has 3 fully saturated rings. The molecular formula is C35H46ClN5O9S. The molecule has 1 aliphatic heterocycles. The number of nitrogens with zero attached hydrogens (tertiary/aromatic N) is 2. The summed E-state index contributed by atoms with van der Waals surface area (Å²) in [7, 11) is -2.53. The van der Waals surface area contributed by atoms with E-state index in [0.29, 0.717) is 34.4 Å². The number of rotatable bonds is 11. The zero-order valence-electron chi connectivity index (χ0n) is 29.9. The highest BCUT2D eigenvalue weighted by Crippen LogP contribution is 2.51. The first-order chi connectivity index (χ1) is 23.7. The smallest absolute Gasteiger partial charge is 0.408 e. The normalized spacial score (nSPS) is 23.9. The van der Waals surface area contributed by atoms with Crippen LogP contribution in [-0.4, -0.2) is 90.3 Å². The van der Waals surface area contributed by atoms with Gasteiger partial charge < -0.3 is 24.8 Å². The maximum atomic E-state index is 14.7. The van der Waals surface area contributed by atoms with Crippen molar-refractivity contribution < 1.29 is 41.8 Å². The first-order valence-corrected chi connectivity index (χ1v) is 18.7. The lowest BCUT2D eigenvalue weighted by Gasteiger charge is -2.38. The van der Waals surface area contributed by atoms with Crippen LogP contribution >= 0.6 is 11.6 Å². The molecule has 4 amide bonds. The fourth-order valence-electron chi connectivity index (χ4n) is 6.27. The van der Waals surface area contributed by atoms with Crippen molar-refractivity contribution in [1.29, 1.82) is 0 Å². The fraction of sp³-hybridized carbons (Fsp3) is 0.571. The van der Waals surface area contributed by atoms with Crippen LogP contribution in [0.15, 0.2) is 37.1 Å². The molecule has 16 heteroatoms. The Balaban J connectivity index is 1.48. The topological polar surface area (TPSA) is 182 Å². The molecular weight excluding hydrogens is 702 g/mol. The largest absolute Gasteiger partial charge is 0.494 e. The Hall–Kier alpha value is -3.95. The second kappa shape index (κ2) is 13.9. The summed E-state index contributed by atoms with van der Waals surface area (Å²) in [6.45, 7) is 14.0. The van der Waals surface area contributed by atoms with Gasteiger partial charge in [0.05, 0.1) is 24.6 Å². The van der Waals surface area contributed by atoms with Crippen LogP contribution in [0, 0.1) is 11.3 Å². The van der Waals surface area contributed by atoms with E-state index in [1.165, 1.54) is 19.4 Å². The van der Waals surface area contributed by atoms with Gasteiger partial charge in [0.1, 0.15) is 29.0 Å². The summed E-state index contributed by atoms with van der Waals surface area (Å²) >= 11 is 6.28. The Kier molecular flexibility index (Phi) is 10.4. The van der Waals surface area contributed by atoms with Crippen LogP contribution in [-0.2, 0) is 29.1 Å². The number of methoxy groups -OCH3 is 1. The zero-order chi connectivity index (χ0) is 37.7. The van der Waals surface area contributed by atoms with Crippen molar-refractivity contribution >= 4 is 56.2 Å². The number of ether oxygens (including phenoxy) is 3. The van der Waals surface area contributed by atoms with Crippen molar-refractivity contribution in [3.05, 3.63) is 42.1 Å². The van der Waals surface area contributed by atoms with Crippen LogP contribution in [0.25, 0.3) is 10.8 Å². The first-order valence-electron chi connectivity index (χ1n) is 16.8. The Labute approximate surface area is 303 Å². The quantitative estimate of drug-likeness (QED) is 0.284. The molecule has 1 saturated heterocycles. The Morgan fingerprint density at radius 2 is 1.82 bits per heavy atom. The van der Waals surface area contributed by atoms with Crippen molar-refractivity contribution in [3.63, 3.8) is 0 Å². The van der Waals surface area contributed by atoms with Crippen molar-refractivity contribution in [2.24, 2.45) is 11.3 Å². The van der Waals surface area contributed by atoms with E-state index in [-0.39, 0.29) is 25.3 Å². The summed E-state index contributed by atoms with van der Waals surface area (Å²) in [6, 6.07) is 2.79. The van der Waals surface area contributed by atoms with Gasteiger partial charge >= 0.3 is 6.09 Å². The lowest BCUT2D eigenvalue weighted by Crippen LogP contribution is -2.65. The summed E-state index contributed by atoms with van der Waals surface area (Å²) in [5.41, 5.74) is -3.80. The average Bonchev–Trinajstić information content (AvgIpc) is 3.95. The minimum Gasteiger partial charge on any atom is -0.494 e. The molecule has 14 nitrogen and oxygen atoms in total. The number of halogens is 1. The van der Waals surface area contributed by atoms with Gasteiger partial charge in [-0.05, 0) is 63.6 Å². The van der Waals surface area contributed by atoms with E-state index >= 15 is 0 Å². The van der Waals surface area contributed by atoms with E-state index < -0.39 is 79.7 Å². The van der Waals surface area contributed by atoms with E-state index in [9.17, 15) is 27.6 Å². The number of nitrogens with one attached hydrogen (secondary N) is 3. The standard InChI is InChI=1S/C35H46ClN5O9S/c1-9-19-16-35(19,31(44)40-51(46,47)22-11-12-22)41(30(43)27(33(2,3)4)39-32(45)50-34(5,6)7)29(42)25-15-21(17-37-25)49-28-24-14-20(36)10-13-23(24)26(48-8)18-38-28/h9-10,13-14,18-19,21-22,25,27,37H,1,11-12,15-17H2,2-8H3,(H,39,45)(H,40,44)/t19-,21-,25+,27-,35-/m1/s1. The molecule has 2 heterocycles. The Bertz CT molecular complexity index is 1850. The molecule has 0 radical (unpaired) electrons. The summed E-state index contributed by atoms with van der Waals surface area (Å²) < 4.78 is 45.2. The number of carbonyl (C=O) groups is 4. The molecule has 5 rings (SSSR count). The molecule has 0 spiro atoms. The van der Waals surface area contributed by atoms with E-state index in [4.69, 9.17) is 25.8 Å². The van der Waals surface area contributed by atoms with Gasteiger partial charge in [0.25, 0.3) is 11.8 Å². The number of pyridine rings is 1. The van der Waals surface area contributed by atoms with E-state index in [1.54, 1.807) is 59.7 Å². The van der Waals surface area contributed by atoms with Gasteiger partial charge in [0.15, 0.2) is 0 Å². The minimum absolute atomic E-state index is 0.0571. The molecule has 2 aliphatic carbocycles. The molecule has 2 saturated carbocycles. The third kappa shape index (κ3) is 8.10. The molecule has 3 aliphatic rings. The second-order valence-corrected chi connectivity index (χ2v) is 17.8. The van der Waals surface area contributed by atoms with Crippen molar-refractivity contribution in [3.8, 4) is 11.6 Å². The van der Waals surface area contributed by atoms with Crippen LogP contribution in [0.4, 0.5) is 4.79 Å². The Morgan fingerprint density at radius 1 is 1.14 bits per heavy atom. The highest BCUT2D eigenvalue weighted by molar-refractivity contribution is 7.91. The van der Waals surface area contributed by atoms with Crippen molar-refractivity contribution in [2.75, 3.05) is 13.7 Å². The summed E-state index contributed by atoms with van der Waals surface area (Å²) in [5.74, 6) is -2.68. The van der Waals surface area contributed by atoms with Crippen molar-refractivity contribution in [2.45, 2.75) is 102 Å². The molecule has 51 heavy (non-hydrogen) atoms. The lowest BCUT2D eigenvalue weighted by atomic mass is 9.85. The maximum Gasteiger partial charge on any atom is 0.408 e. The summed E-state index contributed by atoms with van der Waals surface area (Å²) in [5, 5.41) is 6.74. The highest BCUT2D eigenvalue weighted by atomic mass is 35.5. The molecule has 278 valence electrons. The number of benzene rings is 1. The van der Waals surface area contributed by atoms with Gasteiger partial charge in [0.2, 0.25) is 21.8 Å². The van der Waals surface area contributed by atoms with E-state index in [0.717, 1.165) is 4.90 Å². The monoisotopic (exact) mass is 747 g/mol. The van der Waals surface area contributed by atoms with E-state index in [2.05, 4.69) is 26.9 Å². The second-order valence-electron chi connectivity index (χ2n) is 15.4. The molecule has 3 N–H and O–H groups in total. The minimum atomic E-state index is -4.06. The number of hydrogen-bond donors (Lipinski definition) is 3. The molecule has 2 aromatic rings. The number of fused-ring (bicyclic) bond motifs is 1. The van der Waals surface area contributed by atoms with Gasteiger partial charge in [-0.1, -0.05) is 38.4 Å². The Morgan fingerprint density at radius 3 is 2.39 bits per heavy atom. The zero-order valence-corrected chi connectivity index (χ0v) is 31.4. The van der Waals surface area contributed by atoms with Gasteiger partial charge in [-0.2, -0.15) is 0 Å². The highest BCUT2D eigenvalue weighted by Gasteiger charge is 2.68.